The molecule has 4 nitrogen and oxygen atoms in total. The largest absolute Gasteiger partial charge is 0.273 e. The molecule has 2 aromatic heterocycles. The van der Waals surface area contributed by atoms with E-state index in [9.17, 15) is 12.8 Å². The van der Waals surface area contributed by atoms with E-state index < -0.39 is 10.0 Å². The smallest absolute Gasteiger partial charge is 0.254 e. The second kappa shape index (κ2) is 4.96. The Bertz CT molecular complexity index is 888. The number of hydrogen-bond acceptors (Lipinski definition) is 5. The molecule has 3 rings (SSSR count). The van der Waals surface area contributed by atoms with Gasteiger partial charge in [0.15, 0.2) is 5.13 Å². The predicted octanol–water partition coefficient (Wildman–Crippen LogP) is 3.95. The molecule has 0 saturated heterocycles. The van der Waals surface area contributed by atoms with Crippen LogP contribution in [-0.2, 0) is 10.0 Å². The lowest BCUT2D eigenvalue weighted by molar-refractivity contribution is 0.603. The van der Waals surface area contributed by atoms with E-state index >= 15 is 0 Å². The Morgan fingerprint density at radius 2 is 2.00 bits per heavy atom. The van der Waals surface area contributed by atoms with Gasteiger partial charge in [-0.2, -0.15) is 0 Å². The molecule has 1 aromatic carbocycles. The molecule has 0 bridgehead atoms. The second-order valence-corrected chi connectivity index (χ2v) is 8.45. The first-order chi connectivity index (χ1) is 9.44. The number of aromatic nitrogens is 1. The van der Waals surface area contributed by atoms with Crippen LogP contribution in [-0.4, -0.2) is 13.4 Å². The van der Waals surface area contributed by atoms with Gasteiger partial charge in [0, 0.05) is 0 Å². The SMILES string of the molecule is O=S(=O)(Nc1nc2ccc(F)cc2s1)c1ccc(Cl)s1. The summed E-state index contributed by atoms with van der Waals surface area (Å²) in [5.74, 6) is -0.388. The summed E-state index contributed by atoms with van der Waals surface area (Å²) in [6.07, 6.45) is 0. The monoisotopic (exact) mass is 348 g/mol. The third-order valence-corrected chi connectivity index (χ3v) is 6.51. The van der Waals surface area contributed by atoms with Crippen molar-refractivity contribution in [2.45, 2.75) is 4.21 Å². The van der Waals surface area contributed by atoms with Crippen molar-refractivity contribution in [2.75, 3.05) is 4.72 Å². The maximum absolute atomic E-state index is 13.1. The van der Waals surface area contributed by atoms with E-state index in [0.29, 0.717) is 14.6 Å². The van der Waals surface area contributed by atoms with Crippen LogP contribution in [0.5, 0.6) is 0 Å². The number of fused-ring (bicyclic) bond motifs is 1. The molecule has 20 heavy (non-hydrogen) atoms. The van der Waals surface area contributed by atoms with Crippen LogP contribution < -0.4 is 4.72 Å². The molecule has 0 aliphatic rings. The summed E-state index contributed by atoms with van der Waals surface area (Å²) < 4.78 is 40.7. The number of nitrogens with zero attached hydrogens (tertiary/aromatic N) is 1. The minimum atomic E-state index is -3.71. The van der Waals surface area contributed by atoms with Gasteiger partial charge in [-0.15, -0.1) is 11.3 Å². The third-order valence-electron chi connectivity index (χ3n) is 2.39. The third kappa shape index (κ3) is 2.64. The zero-order valence-electron chi connectivity index (χ0n) is 9.63. The number of nitrogens with one attached hydrogen (secondary N) is 1. The van der Waals surface area contributed by atoms with Crippen molar-refractivity contribution in [3.63, 3.8) is 0 Å². The Morgan fingerprint density at radius 1 is 1.20 bits per heavy atom. The van der Waals surface area contributed by atoms with Crippen LogP contribution in [0.3, 0.4) is 0 Å². The molecular weight excluding hydrogens is 343 g/mol. The first-order valence-corrected chi connectivity index (χ1v) is 8.78. The molecule has 104 valence electrons. The van der Waals surface area contributed by atoms with Gasteiger partial charge in [0.05, 0.1) is 14.6 Å². The van der Waals surface area contributed by atoms with Gasteiger partial charge in [-0.05, 0) is 30.3 Å². The minimum absolute atomic E-state index is 0.105. The lowest BCUT2D eigenvalue weighted by Crippen LogP contribution is -2.10. The summed E-state index contributed by atoms with van der Waals surface area (Å²) in [7, 11) is -3.71. The molecule has 0 fully saturated rings. The van der Waals surface area contributed by atoms with Crippen LogP contribution in [0.2, 0.25) is 4.34 Å². The Hall–Kier alpha value is -1.22. The molecule has 0 aliphatic carbocycles. The molecule has 2 heterocycles. The summed E-state index contributed by atoms with van der Waals surface area (Å²) in [4.78, 5) is 4.10. The van der Waals surface area contributed by atoms with Gasteiger partial charge in [-0.3, -0.25) is 4.72 Å². The number of sulfonamides is 1. The van der Waals surface area contributed by atoms with Crippen LogP contribution in [0.15, 0.2) is 34.5 Å². The van der Waals surface area contributed by atoms with Crippen LogP contribution in [0, 0.1) is 5.82 Å². The lowest BCUT2D eigenvalue weighted by atomic mass is 10.3. The first kappa shape index (κ1) is 13.7. The van der Waals surface area contributed by atoms with Gasteiger partial charge in [-0.1, -0.05) is 22.9 Å². The molecule has 0 unspecified atom stereocenters. The normalized spacial score (nSPS) is 11.9. The van der Waals surface area contributed by atoms with E-state index in [-0.39, 0.29) is 15.2 Å². The highest BCUT2D eigenvalue weighted by Crippen LogP contribution is 2.31. The highest BCUT2D eigenvalue weighted by atomic mass is 35.5. The zero-order chi connectivity index (χ0) is 14.3. The van der Waals surface area contributed by atoms with E-state index in [1.54, 1.807) is 0 Å². The molecule has 0 atom stereocenters. The minimum Gasteiger partial charge on any atom is -0.254 e. The number of benzene rings is 1. The van der Waals surface area contributed by atoms with Crippen molar-refractivity contribution in [3.8, 4) is 0 Å². The van der Waals surface area contributed by atoms with Gasteiger partial charge in [-0.25, -0.2) is 17.8 Å². The first-order valence-electron chi connectivity index (χ1n) is 5.28. The molecule has 3 aromatic rings. The Labute approximate surface area is 126 Å². The maximum Gasteiger partial charge on any atom is 0.273 e. The van der Waals surface area contributed by atoms with Crippen LogP contribution in [0.25, 0.3) is 10.2 Å². The van der Waals surface area contributed by atoms with Crippen LogP contribution in [0.1, 0.15) is 0 Å². The molecule has 0 spiro atoms. The average molecular weight is 349 g/mol. The Balaban J connectivity index is 1.96. The summed E-state index contributed by atoms with van der Waals surface area (Å²) >= 11 is 7.75. The number of thiazole rings is 1. The van der Waals surface area contributed by atoms with E-state index in [4.69, 9.17) is 11.6 Å². The molecule has 1 N–H and O–H groups in total. The molecule has 0 amide bonds. The van der Waals surface area contributed by atoms with Crippen molar-refractivity contribution < 1.29 is 12.8 Å². The van der Waals surface area contributed by atoms with Gasteiger partial charge < -0.3 is 0 Å². The number of anilines is 1. The highest BCUT2D eigenvalue weighted by Gasteiger charge is 2.18. The van der Waals surface area contributed by atoms with E-state index in [1.807, 2.05) is 0 Å². The number of rotatable bonds is 3. The topological polar surface area (TPSA) is 59.1 Å². The van der Waals surface area contributed by atoms with Gasteiger partial charge >= 0.3 is 0 Å². The quantitative estimate of drug-likeness (QED) is 0.779. The average Bonchev–Trinajstić information content (AvgIpc) is 2.94. The van der Waals surface area contributed by atoms with Crippen molar-refractivity contribution in [2.24, 2.45) is 0 Å². The fraction of sp³-hybridized carbons (Fsp3) is 0. The number of halogens is 2. The van der Waals surface area contributed by atoms with Crippen molar-refractivity contribution in [1.82, 2.24) is 4.98 Å². The Morgan fingerprint density at radius 3 is 2.70 bits per heavy atom. The van der Waals surface area contributed by atoms with Gasteiger partial charge in [0.1, 0.15) is 10.0 Å². The maximum atomic E-state index is 13.1. The number of thiophene rings is 1. The van der Waals surface area contributed by atoms with Crippen molar-refractivity contribution >= 4 is 59.6 Å². The highest BCUT2D eigenvalue weighted by molar-refractivity contribution is 7.95. The fourth-order valence-corrected chi connectivity index (χ4v) is 5.16. The summed E-state index contributed by atoms with van der Waals surface area (Å²) in [5, 5.41) is 0.190. The van der Waals surface area contributed by atoms with Gasteiger partial charge in [0.25, 0.3) is 10.0 Å². The summed E-state index contributed by atoms with van der Waals surface area (Å²) in [6.45, 7) is 0. The Kier molecular flexibility index (Phi) is 3.41. The fourth-order valence-electron chi connectivity index (χ4n) is 1.55. The molecule has 0 aliphatic heterocycles. The predicted molar refractivity (Wildman–Crippen MR) is 79.7 cm³/mol. The van der Waals surface area contributed by atoms with Gasteiger partial charge in [0.2, 0.25) is 0 Å². The van der Waals surface area contributed by atoms with E-state index in [2.05, 4.69) is 9.71 Å². The van der Waals surface area contributed by atoms with Crippen molar-refractivity contribution in [3.05, 3.63) is 40.5 Å². The van der Waals surface area contributed by atoms with Crippen LogP contribution >= 0.6 is 34.3 Å². The molecular formula is C11H6ClFN2O2S3. The standard InChI is InChI=1S/C11H6ClFN2O2S3/c12-9-3-4-10(19-9)20(16,17)15-11-14-7-2-1-6(13)5-8(7)18-11/h1-5H,(H,14,15). The molecule has 0 radical (unpaired) electrons. The van der Waals surface area contributed by atoms with Crippen LogP contribution in [0.4, 0.5) is 9.52 Å². The molecule has 0 saturated carbocycles. The second-order valence-electron chi connectivity index (χ2n) is 3.80. The van der Waals surface area contributed by atoms with E-state index in [0.717, 1.165) is 22.7 Å². The summed E-state index contributed by atoms with van der Waals surface area (Å²) in [6, 6.07) is 7.02. The summed E-state index contributed by atoms with van der Waals surface area (Å²) in [5.41, 5.74) is 0.540. The lowest BCUT2D eigenvalue weighted by Gasteiger charge is -2.00. The van der Waals surface area contributed by atoms with Crippen molar-refractivity contribution in [1.29, 1.82) is 0 Å². The molecule has 9 heteroatoms. The van der Waals surface area contributed by atoms with E-state index in [1.165, 1.54) is 30.3 Å². The number of hydrogen-bond donors (Lipinski definition) is 1. The zero-order valence-corrected chi connectivity index (χ0v) is 12.8.